The molecule has 5 atom stereocenters. The first kappa shape index (κ1) is 23.2. The van der Waals surface area contributed by atoms with Crippen molar-refractivity contribution in [2.24, 2.45) is 0 Å². The lowest BCUT2D eigenvalue weighted by molar-refractivity contribution is -0.285. The molecule has 0 radical (unpaired) electrons. The fourth-order valence-electron chi connectivity index (χ4n) is 3.74. The summed E-state index contributed by atoms with van der Waals surface area (Å²) in [6.07, 6.45) is -9.10. The molecule has 0 bridgehead atoms. The molecule has 2 heterocycles. The van der Waals surface area contributed by atoms with Gasteiger partial charge < -0.3 is 60.2 Å². The molecule has 34 heavy (non-hydrogen) atoms. The quantitative estimate of drug-likeness (QED) is 0.157. The highest BCUT2D eigenvalue weighted by Crippen LogP contribution is 2.52. The topological polar surface area (TPSA) is 244 Å². The van der Waals surface area contributed by atoms with Crippen LogP contribution in [0.1, 0.15) is 20.7 Å². The highest BCUT2D eigenvalue weighted by molar-refractivity contribution is 6.08. The van der Waals surface area contributed by atoms with Crippen LogP contribution in [0, 0.1) is 0 Å². The van der Waals surface area contributed by atoms with Crippen LogP contribution in [0.3, 0.4) is 0 Å². The second-order valence-electron chi connectivity index (χ2n) is 7.55. The Morgan fingerprint density at radius 3 is 1.74 bits per heavy atom. The van der Waals surface area contributed by atoms with Gasteiger partial charge in [-0.2, -0.15) is 0 Å². The van der Waals surface area contributed by atoms with Gasteiger partial charge in [0, 0.05) is 11.1 Å². The van der Waals surface area contributed by atoms with Gasteiger partial charge in [0.2, 0.25) is 11.5 Å². The molecule has 0 amide bonds. The fourth-order valence-corrected chi connectivity index (χ4v) is 3.74. The summed E-state index contributed by atoms with van der Waals surface area (Å²) in [5.41, 5.74) is -3.09. The van der Waals surface area contributed by atoms with Crippen molar-refractivity contribution in [3.05, 3.63) is 23.3 Å². The number of hydrogen-bond acceptors (Lipinski definition) is 14. The Labute approximate surface area is 188 Å². The zero-order valence-corrected chi connectivity index (χ0v) is 16.8. The molecule has 2 aromatic rings. The van der Waals surface area contributed by atoms with E-state index in [-0.39, 0.29) is 0 Å². The minimum Gasteiger partial charge on any atom is -0.504 e. The van der Waals surface area contributed by atoms with Crippen LogP contribution in [0.5, 0.6) is 34.5 Å². The van der Waals surface area contributed by atoms with E-state index in [1.807, 2.05) is 0 Å². The van der Waals surface area contributed by atoms with Crippen molar-refractivity contribution in [3.8, 4) is 45.6 Å². The highest BCUT2D eigenvalue weighted by Gasteiger charge is 2.47. The third kappa shape index (κ3) is 3.45. The van der Waals surface area contributed by atoms with E-state index < -0.39 is 106 Å². The second-order valence-corrected chi connectivity index (χ2v) is 7.55. The second kappa shape index (κ2) is 8.11. The molecule has 2 aliphatic heterocycles. The van der Waals surface area contributed by atoms with Crippen LogP contribution in [0.15, 0.2) is 12.1 Å². The number of benzene rings is 2. The van der Waals surface area contributed by atoms with Gasteiger partial charge in [-0.1, -0.05) is 0 Å². The molecule has 0 aromatic heterocycles. The lowest BCUT2D eigenvalue weighted by Gasteiger charge is -2.39. The summed E-state index contributed by atoms with van der Waals surface area (Å²) < 4.78 is 15.3. The molecule has 0 aliphatic carbocycles. The van der Waals surface area contributed by atoms with Gasteiger partial charge >= 0.3 is 11.9 Å². The molecule has 9 N–H and O–H groups in total. The van der Waals surface area contributed by atoms with Gasteiger partial charge in [-0.25, -0.2) is 9.59 Å². The average molecular weight is 482 g/mol. The standard InChI is InChI=1S/C20H18O14/c21-6-1-4-9(13(25)11(6)23)10-5(2-7(22)12(24)14(10)26)19(30)34-17-8(3-32-18(4)29)33-20(31)16(28)15(17)27/h1-2,8,15-17,20-28,31H,3H2/t8?,15-,16?,17-,20?/m1/s1. The Morgan fingerprint density at radius 1 is 0.706 bits per heavy atom. The van der Waals surface area contributed by atoms with Gasteiger partial charge in [0.15, 0.2) is 35.4 Å². The molecular formula is C20H18O14. The lowest BCUT2D eigenvalue weighted by Crippen LogP contribution is -2.60. The summed E-state index contributed by atoms with van der Waals surface area (Å²) in [5, 5.41) is 90.8. The van der Waals surface area contributed by atoms with Crippen molar-refractivity contribution in [2.45, 2.75) is 30.7 Å². The summed E-state index contributed by atoms with van der Waals surface area (Å²) in [6.45, 7) is -0.779. The molecule has 0 spiro atoms. The Balaban J connectivity index is 2.02. The highest BCUT2D eigenvalue weighted by atomic mass is 16.7. The number of rotatable bonds is 0. The smallest absolute Gasteiger partial charge is 0.339 e. The first-order valence-electron chi connectivity index (χ1n) is 9.57. The zero-order chi connectivity index (χ0) is 25.1. The zero-order valence-electron chi connectivity index (χ0n) is 16.8. The van der Waals surface area contributed by atoms with E-state index in [0.717, 1.165) is 0 Å². The van der Waals surface area contributed by atoms with Crippen LogP contribution >= 0.6 is 0 Å². The fraction of sp³-hybridized carbons (Fsp3) is 0.300. The first-order chi connectivity index (χ1) is 15.9. The molecule has 2 aliphatic rings. The number of fused-ring (bicyclic) bond motifs is 4. The van der Waals surface area contributed by atoms with E-state index in [1.54, 1.807) is 0 Å². The average Bonchev–Trinajstić information content (AvgIpc) is 2.81. The SMILES string of the molecule is O=C1OCC2OC(O)C(O)[C@@H](O)[C@@H]2OC(=O)c2cc(O)c(O)c(O)c2-c2c1cc(O)c(O)c2O. The van der Waals surface area contributed by atoms with E-state index in [2.05, 4.69) is 0 Å². The predicted octanol–water partition coefficient (Wildman–Crippen LogP) is -1.28. The van der Waals surface area contributed by atoms with E-state index in [1.165, 1.54) is 0 Å². The molecule has 2 aromatic carbocycles. The maximum absolute atomic E-state index is 13.0. The minimum absolute atomic E-state index is 0.597. The van der Waals surface area contributed by atoms with E-state index >= 15 is 0 Å². The number of ether oxygens (including phenoxy) is 3. The number of phenolic OH excluding ortho intramolecular Hbond substituents is 6. The number of esters is 2. The van der Waals surface area contributed by atoms with Gasteiger partial charge in [-0.3, -0.25) is 0 Å². The molecule has 0 saturated carbocycles. The van der Waals surface area contributed by atoms with Crippen LogP contribution in [0.2, 0.25) is 0 Å². The Hall–Kier alpha value is -3.98. The number of phenols is 6. The Kier molecular flexibility index (Phi) is 5.53. The van der Waals surface area contributed by atoms with Crippen molar-refractivity contribution in [2.75, 3.05) is 6.61 Å². The Morgan fingerprint density at radius 2 is 1.21 bits per heavy atom. The number of carbonyl (C=O) groups is 2. The van der Waals surface area contributed by atoms with E-state index in [9.17, 15) is 55.5 Å². The van der Waals surface area contributed by atoms with Crippen molar-refractivity contribution >= 4 is 11.9 Å². The van der Waals surface area contributed by atoms with Crippen molar-refractivity contribution in [1.29, 1.82) is 0 Å². The molecular weight excluding hydrogens is 464 g/mol. The molecule has 1 fully saturated rings. The third-order valence-electron chi connectivity index (χ3n) is 5.48. The normalized spacial score (nSPS) is 26.9. The number of carbonyl (C=O) groups excluding carboxylic acids is 2. The molecule has 14 nitrogen and oxygen atoms in total. The van der Waals surface area contributed by atoms with Gasteiger partial charge in [0.05, 0.1) is 11.1 Å². The van der Waals surface area contributed by atoms with Crippen LogP contribution in [-0.2, 0) is 14.2 Å². The van der Waals surface area contributed by atoms with Gasteiger partial charge in [-0.15, -0.1) is 0 Å². The van der Waals surface area contributed by atoms with Gasteiger partial charge in [-0.05, 0) is 12.1 Å². The van der Waals surface area contributed by atoms with Gasteiger partial charge in [0.25, 0.3) is 0 Å². The number of cyclic esters (lactones) is 1. The molecule has 1 saturated heterocycles. The lowest BCUT2D eigenvalue weighted by atomic mass is 9.92. The van der Waals surface area contributed by atoms with Crippen LogP contribution in [-0.4, -0.2) is 95.2 Å². The molecule has 182 valence electrons. The van der Waals surface area contributed by atoms with Crippen molar-refractivity contribution in [3.63, 3.8) is 0 Å². The number of aromatic hydroxyl groups is 6. The third-order valence-corrected chi connectivity index (χ3v) is 5.48. The molecule has 14 heteroatoms. The van der Waals surface area contributed by atoms with Crippen LogP contribution < -0.4 is 0 Å². The summed E-state index contributed by atoms with van der Waals surface area (Å²) in [4.78, 5) is 25.9. The van der Waals surface area contributed by atoms with Gasteiger partial charge in [0.1, 0.15) is 24.9 Å². The monoisotopic (exact) mass is 482 g/mol. The van der Waals surface area contributed by atoms with E-state index in [4.69, 9.17) is 14.2 Å². The number of aliphatic hydroxyl groups is 3. The largest absolute Gasteiger partial charge is 0.504 e. The minimum atomic E-state index is -1.95. The maximum atomic E-state index is 13.0. The Bertz CT molecular complexity index is 1190. The van der Waals surface area contributed by atoms with E-state index in [0.29, 0.717) is 12.1 Å². The number of hydrogen-bond donors (Lipinski definition) is 9. The summed E-state index contributed by atoms with van der Waals surface area (Å²) in [6, 6.07) is 1.23. The molecule has 3 unspecified atom stereocenters. The summed E-state index contributed by atoms with van der Waals surface area (Å²) >= 11 is 0. The van der Waals surface area contributed by atoms with Crippen molar-refractivity contribution in [1.82, 2.24) is 0 Å². The summed E-state index contributed by atoms with van der Waals surface area (Å²) in [5.74, 6) is -9.53. The van der Waals surface area contributed by atoms with Crippen LogP contribution in [0.25, 0.3) is 11.1 Å². The van der Waals surface area contributed by atoms with Crippen LogP contribution in [0.4, 0.5) is 0 Å². The molecule has 4 rings (SSSR count). The maximum Gasteiger partial charge on any atom is 0.339 e. The number of aliphatic hydroxyl groups excluding tert-OH is 3. The predicted molar refractivity (Wildman–Crippen MR) is 104 cm³/mol. The first-order valence-corrected chi connectivity index (χ1v) is 9.57. The van der Waals surface area contributed by atoms with Crippen molar-refractivity contribution < 1.29 is 69.8 Å². The summed E-state index contributed by atoms with van der Waals surface area (Å²) in [7, 11) is 0.